The molecular weight excluding hydrogens is 216 g/mol. The average molecular weight is 232 g/mol. The molecule has 3 rings (SSSR count). The molecule has 1 aliphatic heterocycles. The van der Waals surface area contributed by atoms with Crippen LogP contribution in [0.15, 0.2) is 12.1 Å². The second-order valence-electron chi connectivity index (χ2n) is 4.61. The van der Waals surface area contributed by atoms with Crippen molar-refractivity contribution in [3.63, 3.8) is 0 Å². The van der Waals surface area contributed by atoms with E-state index in [2.05, 4.69) is 9.97 Å². The van der Waals surface area contributed by atoms with Crippen molar-refractivity contribution < 1.29 is 4.74 Å². The molecule has 0 aliphatic carbocycles. The fourth-order valence-corrected chi connectivity index (χ4v) is 2.28. The number of nitrogen functional groups attached to an aromatic ring is 1. The smallest absolute Gasteiger partial charge is 0.202 e. The maximum atomic E-state index is 5.95. The highest BCUT2D eigenvalue weighted by Gasteiger charge is 2.19. The molecule has 0 saturated carbocycles. The van der Waals surface area contributed by atoms with E-state index < -0.39 is 0 Å². The molecule has 0 bridgehead atoms. The van der Waals surface area contributed by atoms with Gasteiger partial charge in [0, 0.05) is 24.8 Å². The number of rotatable bonds is 2. The Balaban J connectivity index is 2.01. The lowest BCUT2D eigenvalue weighted by Gasteiger charge is -2.10. The van der Waals surface area contributed by atoms with Crippen molar-refractivity contribution >= 4 is 17.1 Å². The maximum absolute atomic E-state index is 5.95. The van der Waals surface area contributed by atoms with Crippen LogP contribution in [0.3, 0.4) is 0 Å². The highest BCUT2D eigenvalue weighted by molar-refractivity contribution is 5.74. The van der Waals surface area contributed by atoms with E-state index in [9.17, 15) is 0 Å². The lowest BCUT2D eigenvalue weighted by Crippen LogP contribution is -2.13. The van der Waals surface area contributed by atoms with Crippen molar-refractivity contribution in [1.29, 1.82) is 0 Å². The number of hydrogen-bond acceptors (Lipinski definition) is 4. The molecule has 0 amide bonds. The molecule has 1 atom stereocenters. The number of anilines is 1. The second kappa shape index (κ2) is 4.00. The van der Waals surface area contributed by atoms with Crippen LogP contribution in [0.2, 0.25) is 0 Å². The Morgan fingerprint density at radius 2 is 2.35 bits per heavy atom. The van der Waals surface area contributed by atoms with E-state index in [4.69, 9.17) is 10.5 Å². The molecule has 2 N–H and O–H groups in total. The monoisotopic (exact) mass is 232 g/mol. The number of aromatic nitrogens is 3. The topological polar surface area (TPSA) is 66.0 Å². The first kappa shape index (κ1) is 10.5. The van der Waals surface area contributed by atoms with Gasteiger partial charge in [-0.1, -0.05) is 0 Å². The first-order chi connectivity index (χ1) is 8.24. The molecule has 0 spiro atoms. The minimum Gasteiger partial charge on any atom is -0.381 e. The molecule has 1 saturated heterocycles. The fourth-order valence-electron chi connectivity index (χ4n) is 2.28. The summed E-state index contributed by atoms with van der Waals surface area (Å²) in [4.78, 5) is 8.85. The van der Waals surface area contributed by atoms with Crippen molar-refractivity contribution in [2.24, 2.45) is 5.92 Å². The summed E-state index contributed by atoms with van der Waals surface area (Å²) in [5, 5.41) is 0. The van der Waals surface area contributed by atoms with Gasteiger partial charge in [-0.15, -0.1) is 0 Å². The van der Waals surface area contributed by atoms with E-state index in [1.165, 1.54) is 0 Å². The third-order valence-corrected chi connectivity index (χ3v) is 3.23. The normalized spacial score (nSPS) is 20.2. The summed E-state index contributed by atoms with van der Waals surface area (Å²) in [6, 6.07) is 3.92. The highest BCUT2D eigenvalue weighted by Crippen LogP contribution is 2.21. The standard InChI is InChI=1S/C12H16N4O/c1-8-2-3-10-11(14-8)16(12(13)15-10)6-9-4-5-17-7-9/h2-3,9H,4-7H2,1H3,(H2,13,15). The van der Waals surface area contributed by atoms with Crippen LogP contribution in [0.1, 0.15) is 12.1 Å². The van der Waals surface area contributed by atoms with E-state index in [1.807, 2.05) is 23.6 Å². The minimum absolute atomic E-state index is 0.525. The summed E-state index contributed by atoms with van der Waals surface area (Å²) in [5.74, 6) is 1.07. The predicted molar refractivity (Wildman–Crippen MR) is 65.6 cm³/mol. The molecular formula is C12H16N4O. The van der Waals surface area contributed by atoms with E-state index in [0.717, 1.165) is 43.0 Å². The quantitative estimate of drug-likeness (QED) is 0.849. The van der Waals surface area contributed by atoms with Crippen LogP contribution >= 0.6 is 0 Å². The molecule has 1 unspecified atom stereocenters. The SMILES string of the molecule is Cc1ccc2nc(N)n(CC3CCOC3)c2n1. The van der Waals surface area contributed by atoms with Gasteiger partial charge in [0.15, 0.2) is 5.65 Å². The maximum Gasteiger partial charge on any atom is 0.202 e. The Morgan fingerprint density at radius 1 is 1.47 bits per heavy atom. The highest BCUT2D eigenvalue weighted by atomic mass is 16.5. The van der Waals surface area contributed by atoms with Crippen LogP contribution in [0.5, 0.6) is 0 Å². The Hall–Kier alpha value is -1.62. The van der Waals surface area contributed by atoms with Gasteiger partial charge in [0.1, 0.15) is 5.52 Å². The first-order valence-corrected chi connectivity index (χ1v) is 5.91. The summed E-state index contributed by atoms with van der Waals surface area (Å²) >= 11 is 0. The van der Waals surface area contributed by atoms with Gasteiger partial charge in [0.25, 0.3) is 0 Å². The Kier molecular flexibility index (Phi) is 2.48. The number of nitrogens with two attached hydrogens (primary N) is 1. The van der Waals surface area contributed by atoms with Gasteiger partial charge in [-0.2, -0.15) is 0 Å². The van der Waals surface area contributed by atoms with Gasteiger partial charge in [0.2, 0.25) is 5.95 Å². The summed E-state index contributed by atoms with van der Waals surface area (Å²) in [5.41, 5.74) is 8.69. The third kappa shape index (κ3) is 1.86. The largest absolute Gasteiger partial charge is 0.381 e. The van der Waals surface area contributed by atoms with Crippen molar-refractivity contribution in [2.45, 2.75) is 19.9 Å². The number of nitrogens with zero attached hydrogens (tertiary/aromatic N) is 3. The van der Waals surface area contributed by atoms with E-state index in [0.29, 0.717) is 11.9 Å². The molecule has 3 heterocycles. The number of fused-ring (bicyclic) bond motifs is 1. The van der Waals surface area contributed by atoms with Gasteiger partial charge < -0.3 is 10.5 Å². The number of imidazole rings is 1. The average Bonchev–Trinajstić information content (AvgIpc) is 2.90. The number of aryl methyl sites for hydroxylation is 1. The molecule has 2 aromatic heterocycles. The van der Waals surface area contributed by atoms with Gasteiger partial charge >= 0.3 is 0 Å². The third-order valence-electron chi connectivity index (χ3n) is 3.23. The zero-order valence-corrected chi connectivity index (χ0v) is 9.89. The van der Waals surface area contributed by atoms with Crippen LogP contribution in [0.25, 0.3) is 11.2 Å². The lowest BCUT2D eigenvalue weighted by molar-refractivity contribution is 0.183. The Labute approximate surface area is 99.6 Å². The fraction of sp³-hybridized carbons (Fsp3) is 0.500. The molecule has 0 aromatic carbocycles. The van der Waals surface area contributed by atoms with Gasteiger partial charge in [-0.05, 0) is 25.5 Å². The molecule has 1 aliphatic rings. The van der Waals surface area contributed by atoms with Gasteiger partial charge in [-0.25, -0.2) is 9.97 Å². The molecule has 17 heavy (non-hydrogen) atoms. The molecule has 90 valence electrons. The Morgan fingerprint density at radius 3 is 3.12 bits per heavy atom. The number of ether oxygens (including phenoxy) is 1. The Bertz CT molecular complexity index is 543. The first-order valence-electron chi connectivity index (χ1n) is 5.91. The summed E-state index contributed by atoms with van der Waals surface area (Å²) < 4.78 is 7.39. The van der Waals surface area contributed by atoms with Crippen molar-refractivity contribution in [3.05, 3.63) is 17.8 Å². The van der Waals surface area contributed by atoms with Crippen LogP contribution in [-0.4, -0.2) is 27.7 Å². The van der Waals surface area contributed by atoms with Crippen molar-refractivity contribution in [3.8, 4) is 0 Å². The zero-order valence-electron chi connectivity index (χ0n) is 9.89. The second-order valence-corrected chi connectivity index (χ2v) is 4.61. The van der Waals surface area contributed by atoms with E-state index in [-0.39, 0.29) is 0 Å². The van der Waals surface area contributed by atoms with Gasteiger partial charge in [-0.3, -0.25) is 4.57 Å². The molecule has 5 nitrogen and oxygen atoms in total. The summed E-state index contributed by atoms with van der Waals surface area (Å²) in [7, 11) is 0. The van der Waals surface area contributed by atoms with Gasteiger partial charge in [0.05, 0.1) is 6.61 Å². The summed E-state index contributed by atoms with van der Waals surface area (Å²) in [6.07, 6.45) is 1.09. The predicted octanol–water partition coefficient (Wildman–Crippen LogP) is 1.36. The molecule has 2 aromatic rings. The lowest BCUT2D eigenvalue weighted by atomic mass is 10.1. The zero-order chi connectivity index (χ0) is 11.8. The number of pyridine rings is 1. The minimum atomic E-state index is 0.525. The van der Waals surface area contributed by atoms with E-state index >= 15 is 0 Å². The summed E-state index contributed by atoms with van der Waals surface area (Å²) in [6.45, 7) is 4.49. The number of hydrogen-bond donors (Lipinski definition) is 1. The van der Waals surface area contributed by atoms with E-state index in [1.54, 1.807) is 0 Å². The van der Waals surface area contributed by atoms with Crippen molar-refractivity contribution in [2.75, 3.05) is 18.9 Å². The molecule has 5 heteroatoms. The van der Waals surface area contributed by atoms with Crippen molar-refractivity contribution in [1.82, 2.24) is 14.5 Å². The van der Waals surface area contributed by atoms with Crippen LogP contribution in [0, 0.1) is 12.8 Å². The van der Waals surface area contributed by atoms with Crippen LogP contribution in [0.4, 0.5) is 5.95 Å². The molecule has 0 radical (unpaired) electrons. The molecule has 1 fully saturated rings. The van der Waals surface area contributed by atoms with Crippen LogP contribution < -0.4 is 5.73 Å². The van der Waals surface area contributed by atoms with Crippen LogP contribution in [-0.2, 0) is 11.3 Å².